The number of carboxylic acids is 1. The molecule has 0 N–H and O–H groups in total. The van der Waals surface area contributed by atoms with Crippen molar-refractivity contribution in [3.05, 3.63) is 0 Å². The molecule has 2 fully saturated rings. The van der Waals surface area contributed by atoms with Gasteiger partial charge in [0.15, 0.2) is 3.23 Å². The van der Waals surface area contributed by atoms with Crippen molar-refractivity contribution in [3.8, 4) is 0 Å². The highest BCUT2D eigenvalue weighted by Crippen LogP contribution is 2.54. The van der Waals surface area contributed by atoms with E-state index in [1.54, 1.807) is 13.8 Å². The number of fused-ring (bicyclic) bond motifs is 1. The molecule has 2 rings (SSSR count). The first-order valence-corrected chi connectivity index (χ1v) is 7.25. The third-order valence-electron chi connectivity index (χ3n) is 2.96. The Morgan fingerprint density at radius 2 is 2.00 bits per heavy atom. The molecule has 0 aliphatic carbocycles. The molecule has 3 atom stereocenters. The van der Waals surface area contributed by atoms with E-state index in [1.807, 2.05) is 0 Å². The third-order valence-corrected chi connectivity index (χ3v) is 7.36. The number of carbonyl (C=O) groups excluding carboxylic acids is 2. The Kier molecular flexibility index (Phi) is 2.57. The summed E-state index contributed by atoms with van der Waals surface area (Å²) in [6.07, 6.45) is 0. The largest absolute Gasteiger partial charge is 0.548 e. The van der Waals surface area contributed by atoms with Gasteiger partial charge in [0.2, 0.25) is 0 Å². The van der Waals surface area contributed by atoms with Gasteiger partial charge in [0.05, 0.1) is 27.6 Å². The van der Waals surface area contributed by atoms with Crippen molar-refractivity contribution in [1.82, 2.24) is 4.90 Å². The van der Waals surface area contributed by atoms with Gasteiger partial charge in [0.25, 0.3) is 5.91 Å². The summed E-state index contributed by atoms with van der Waals surface area (Å²) < 4.78 is 10.0. The Hall–Kier alpha value is 0.0500. The smallest absolute Gasteiger partial charge is 0.255 e. The molecule has 0 saturated carbocycles. The Morgan fingerprint density at radius 1 is 1.50 bits per heavy atom. The highest BCUT2D eigenvalue weighted by atomic mass is 79.9. The van der Waals surface area contributed by atoms with Crippen molar-refractivity contribution in [3.63, 3.8) is 0 Å². The van der Waals surface area contributed by atoms with Gasteiger partial charge < -0.3 is 14.8 Å². The molecule has 0 aromatic heterocycles. The van der Waals surface area contributed by atoms with Crippen molar-refractivity contribution < 1.29 is 18.9 Å². The normalized spacial score (nSPS) is 39.1. The van der Waals surface area contributed by atoms with E-state index < -0.39 is 42.1 Å². The van der Waals surface area contributed by atoms with E-state index in [0.29, 0.717) is 0 Å². The maximum absolute atomic E-state index is 12.1. The summed E-state index contributed by atoms with van der Waals surface area (Å²) in [5, 5.41) is 10.4. The van der Waals surface area contributed by atoms with Gasteiger partial charge in [-0.25, -0.2) is 0 Å². The summed E-state index contributed by atoms with van der Waals surface area (Å²) in [6, 6.07) is -1.14. The van der Waals surface area contributed by atoms with Crippen molar-refractivity contribution in [1.29, 1.82) is 0 Å². The summed E-state index contributed by atoms with van der Waals surface area (Å²) in [5.74, 6) is -1.80. The summed E-state index contributed by atoms with van der Waals surface area (Å²) in [7, 11) is -1.47. The number of carbonyl (C=O) groups is 2. The average Bonchev–Trinajstić information content (AvgIpc) is 2.33. The zero-order valence-electron chi connectivity index (χ0n) is 8.40. The number of carboxylic acid groups (broad SMARTS) is 1. The minimum absolute atomic E-state index is 0.425. The predicted octanol–water partition coefficient (Wildman–Crippen LogP) is -0.700. The fourth-order valence-corrected chi connectivity index (χ4v) is 5.78. The first kappa shape index (κ1) is 12.5. The summed E-state index contributed by atoms with van der Waals surface area (Å²) >= 11 is 6.25. The lowest BCUT2D eigenvalue weighted by molar-refractivity contribution is -0.312. The van der Waals surface area contributed by atoms with Crippen LogP contribution in [0.3, 0.4) is 0 Å². The van der Waals surface area contributed by atoms with Gasteiger partial charge in [-0.05, 0) is 13.8 Å². The molecule has 0 unspecified atom stereocenters. The van der Waals surface area contributed by atoms with Gasteiger partial charge >= 0.3 is 0 Å². The van der Waals surface area contributed by atoms with E-state index in [2.05, 4.69) is 31.9 Å². The topological polar surface area (TPSA) is 77.5 Å². The molecular weight excluding hydrogens is 366 g/mol. The van der Waals surface area contributed by atoms with Crippen molar-refractivity contribution in [2.24, 2.45) is 0 Å². The highest BCUT2D eigenvalue weighted by molar-refractivity contribution is 9.26. The van der Waals surface area contributed by atoms with Crippen LogP contribution >= 0.6 is 31.9 Å². The molecule has 1 amide bonds. The van der Waals surface area contributed by atoms with E-state index in [0.717, 1.165) is 4.90 Å². The summed E-state index contributed by atoms with van der Waals surface area (Å²) in [4.78, 5) is 23.9. The van der Waals surface area contributed by atoms with Crippen LogP contribution in [-0.4, -0.2) is 40.4 Å². The second kappa shape index (κ2) is 3.29. The van der Waals surface area contributed by atoms with Crippen LogP contribution < -0.4 is 5.11 Å². The second-order valence-corrected chi connectivity index (χ2v) is 9.97. The Balaban J connectivity index is 2.50. The van der Waals surface area contributed by atoms with Crippen molar-refractivity contribution in [2.75, 3.05) is 0 Å². The summed E-state index contributed by atoms with van der Waals surface area (Å²) in [5.41, 5.74) is 0. The Labute approximate surface area is 111 Å². The molecule has 0 aromatic rings. The fourth-order valence-electron chi connectivity index (χ4n) is 2.11. The monoisotopic (exact) mass is 372 g/mol. The Morgan fingerprint density at radius 3 is 2.44 bits per heavy atom. The van der Waals surface area contributed by atoms with Gasteiger partial charge in [-0.3, -0.25) is 9.00 Å². The molecule has 8 heteroatoms. The van der Waals surface area contributed by atoms with Gasteiger partial charge in [0, 0.05) is 0 Å². The first-order valence-electron chi connectivity index (χ1n) is 4.45. The Bertz CT molecular complexity index is 422. The first-order chi connectivity index (χ1) is 7.13. The molecule has 0 bridgehead atoms. The van der Waals surface area contributed by atoms with E-state index >= 15 is 0 Å². The molecule has 2 saturated heterocycles. The number of alkyl halides is 2. The minimum Gasteiger partial charge on any atom is -0.548 e. The van der Waals surface area contributed by atoms with E-state index in [9.17, 15) is 18.9 Å². The average molecular weight is 374 g/mol. The molecule has 0 aromatic carbocycles. The van der Waals surface area contributed by atoms with Crippen LogP contribution in [0.25, 0.3) is 0 Å². The van der Waals surface area contributed by atoms with Crippen molar-refractivity contribution >= 4 is 54.5 Å². The molecule has 0 spiro atoms. The standard InChI is InChI=1S/C8H9Br2NO4S/c1-7(2)3(4(12)13)11-5(14)8(9,10)6(11)16(7)15/h3,6H,1-2H3,(H,12,13)/p-1/t3-,6-,16+/m1/s1. The molecule has 16 heavy (non-hydrogen) atoms. The van der Waals surface area contributed by atoms with E-state index in [-0.39, 0.29) is 0 Å². The van der Waals surface area contributed by atoms with Crippen LogP contribution in [0.5, 0.6) is 0 Å². The van der Waals surface area contributed by atoms with Crippen LogP contribution in [0.2, 0.25) is 0 Å². The minimum atomic E-state index is -1.47. The lowest BCUT2D eigenvalue weighted by Gasteiger charge is -2.47. The maximum Gasteiger partial charge on any atom is 0.255 e. The number of hydrogen-bond acceptors (Lipinski definition) is 4. The number of hydrogen-bond donors (Lipinski definition) is 0. The molecule has 0 radical (unpaired) electrons. The van der Waals surface area contributed by atoms with Crippen LogP contribution in [0.1, 0.15) is 13.8 Å². The quantitative estimate of drug-likeness (QED) is 0.450. The van der Waals surface area contributed by atoms with Crippen LogP contribution in [0.15, 0.2) is 0 Å². The summed E-state index contributed by atoms with van der Waals surface area (Å²) in [6.45, 7) is 3.12. The lowest BCUT2D eigenvalue weighted by atomic mass is 9.98. The third kappa shape index (κ3) is 1.23. The second-order valence-electron chi connectivity index (χ2n) is 4.31. The zero-order valence-corrected chi connectivity index (χ0v) is 12.4. The number of halogens is 2. The highest BCUT2D eigenvalue weighted by Gasteiger charge is 2.72. The zero-order chi connectivity index (χ0) is 12.5. The van der Waals surface area contributed by atoms with E-state index in [4.69, 9.17) is 0 Å². The lowest BCUT2D eigenvalue weighted by Crippen LogP contribution is -2.70. The van der Waals surface area contributed by atoms with Crippen LogP contribution in [-0.2, 0) is 20.4 Å². The number of rotatable bonds is 1. The van der Waals surface area contributed by atoms with Crippen LogP contribution in [0.4, 0.5) is 0 Å². The van der Waals surface area contributed by atoms with Gasteiger partial charge in [-0.1, -0.05) is 31.9 Å². The molecule has 5 nitrogen and oxygen atoms in total. The SMILES string of the molecule is CC1(C)[C@@H](C(=O)[O-])N2C(=O)C(Br)(Br)[C@H]2[S@@]1=O. The molecule has 2 aliphatic heterocycles. The fraction of sp³-hybridized carbons (Fsp3) is 0.750. The van der Waals surface area contributed by atoms with Gasteiger partial charge in [0.1, 0.15) is 5.37 Å². The number of β-lactam (4-membered cyclic amide) rings is 1. The predicted molar refractivity (Wildman–Crippen MR) is 62.2 cm³/mol. The van der Waals surface area contributed by atoms with Crippen LogP contribution in [0, 0.1) is 0 Å². The molecule has 90 valence electrons. The number of amides is 1. The number of nitrogens with zero attached hydrogens (tertiary/aromatic N) is 1. The molecule has 2 heterocycles. The molecule has 2 aliphatic rings. The van der Waals surface area contributed by atoms with Gasteiger partial charge in [-0.2, -0.15) is 0 Å². The van der Waals surface area contributed by atoms with Crippen molar-refractivity contribution in [2.45, 2.75) is 33.2 Å². The molecular formula is C8H8Br2NO4S-. The van der Waals surface area contributed by atoms with E-state index in [1.165, 1.54) is 0 Å². The number of aliphatic carboxylic acids is 1. The van der Waals surface area contributed by atoms with Gasteiger partial charge in [-0.15, -0.1) is 0 Å². The maximum atomic E-state index is 12.1.